The first kappa shape index (κ1) is 15.2. The summed E-state index contributed by atoms with van der Waals surface area (Å²) in [6, 6.07) is 3.75. The summed E-state index contributed by atoms with van der Waals surface area (Å²) in [5.41, 5.74) is 0.940. The average molecular weight is 303 g/mol. The lowest BCUT2D eigenvalue weighted by atomic mass is 10.2. The molecule has 0 saturated heterocycles. The minimum absolute atomic E-state index is 0.0478. The van der Waals surface area contributed by atoms with Crippen LogP contribution in [-0.2, 0) is 11.8 Å². The zero-order valence-corrected chi connectivity index (χ0v) is 12.8. The van der Waals surface area contributed by atoms with Gasteiger partial charge >= 0.3 is 0 Å². The van der Waals surface area contributed by atoms with E-state index in [1.54, 1.807) is 18.5 Å². The molecule has 1 amide bonds. The van der Waals surface area contributed by atoms with Gasteiger partial charge in [0.15, 0.2) is 11.0 Å². The van der Waals surface area contributed by atoms with Gasteiger partial charge in [-0.25, -0.2) is 0 Å². The predicted octanol–water partition coefficient (Wildman–Crippen LogP) is 1.66. The zero-order valence-electron chi connectivity index (χ0n) is 12.0. The van der Waals surface area contributed by atoms with Crippen molar-refractivity contribution in [3.63, 3.8) is 0 Å². The standard InChI is InChI=1S/C14H17N5OS/c1-4-7-16-13(20)10(2)21-14-18-17-12(19(14)3)11-5-8-15-9-6-11/h4-6,8-10H,1,7H2,2-3H3,(H,16,20)/t10-/m0/s1. The number of hydrogen-bond donors (Lipinski definition) is 1. The second-order valence-electron chi connectivity index (χ2n) is 4.39. The van der Waals surface area contributed by atoms with Gasteiger partial charge in [-0.1, -0.05) is 17.8 Å². The number of thioether (sulfide) groups is 1. The van der Waals surface area contributed by atoms with E-state index in [9.17, 15) is 4.79 Å². The van der Waals surface area contributed by atoms with E-state index in [-0.39, 0.29) is 11.2 Å². The molecule has 21 heavy (non-hydrogen) atoms. The van der Waals surface area contributed by atoms with Crippen LogP contribution in [0, 0.1) is 0 Å². The van der Waals surface area contributed by atoms with Crippen molar-refractivity contribution in [2.75, 3.05) is 6.54 Å². The first-order valence-corrected chi connectivity index (χ1v) is 7.36. The molecule has 7 heteroatoms. The predicted molar refractivity (Wildman–Crippen MR) is 82.8 cm³/mol. The molecule has 2 aromatic heterocycles. The molecule has 2 aromatic rings. The van der Waals surface area contributed by atoms with Crippen molar-refractivity contribution in [2.24, 2.45) is 7.05 Å². The van der Waals surface area contributed by atoms with Crippen molar-refractivity contribution in [1.29, 1.82) is 0 Å². The van der Waals surface area contributed by atoms with E-state index in [0.29, 0.717) is 11.7 Å². The molecule has 0 aromatic carbocycles. The van der Waals surface area contributed by atoms with Crippen LogP contribution in [0.15, 0.2) is 42.3 Å². The molecular formula is C14H17N5OS. The molecule has 1 N–H and O–H groups in total. The van der Waals surface area contributed by atoms with Crippen LogP contribution < -0.4 is 5.32 Å². The molecule has 0 aliphatic rings. The van der Waals surface area contributed by atoms with E-state index in [1.165, 1.54) is 11.8 Å². The largest absolute Gasteiger partial charge is 0.352 e. The third-order valence-electron chi connectivity index (χ3n) is 2.85. The molecule has 0 spiro atoms. The van der Waals surface area contributed by atoms with Gasteiger partial charge in [0, 0.05) is 31.5 Å². The van der Waals surface area contributed by atoms with Gasteiger partial charge in [-0.2, -0.15) is 0 Å². The SMILES string of the molecule is C=CCNC(=O)[C@H](C)Sc1nnc(-c2ccncc2)n1C. The van der Waals surface area contributed by atoms with E-state index < -0.39 is 0 Å². The zero-order chi connectivity index (χ0) is 15.2. The number of amides is 1. The highest BCUT2D eigenvalue weighted by molar-refractivity contribution is 8.00. The smallest absolute Gasteiger partial charge is 0.233 e. The van der Waals surface area contributed by atoms with Crippen LogP contribution in [0.3, 0.4) is 0 Å². The molecule has 0 radical (unpaired) electrons. The van der Waals surface area contributed by atoms with Gasteiger partial charge in [-0.3, -0.25) is 9.78 Å². The number of aromatic nitrogens is 4. The van der Waals surface area contributed by atoms with Gasteiger partial charge in [0.05, 0.1) is 5.25 Å². The van der Waals surface area contributed by atoms with E-state index in [2.05, 4.69) is 27.1 Å². The van der Waals surface area contributed by atoms with Crippen molar-refractivity contribution < 1.29 is 4.79 Å². The number of carbonyl (C=O) groups excluding carboxylic acids is 1. The summed E-state index contributed by atoms with van der Waals surface area (Å²) in [4.78, 5) is 15.8. The number of rotatable bonds is 6. The monoisotopic (exact) mass is 303 g/mol. The number of nitrogens with zero attached hydrogens (tertiary/aromatic N) is 4. The summed E-state index contributed by atoms with van der Waals surface area (Å²) in [6.45, 7) is 5.87. The maximum Gasteiger partial charge on any atom is 0.233 e. The Labute approximate surface area is 127 Å². The summed E-state index contributed by atoms with van der Waals surface area (Å²) in [7, 11) is 1.88. The van der Waals surface area contributed by atoms with E-state index in [1.807, 2.05) is 30.7 Å². The Hall–Kier alpha value is -2.15. The molecule has 0 unspecified atom stereocenters. The van der Waals surface area contributed by atoms with Crippen molar-refractivity contribution in [3.05, 3.63) is 37.2 Å². The fourth-order valence-electron chi connectivity index (χ4n) is 1.70. The van der Waals surface area contributed by atoms with Gasteiger partial charge in [-0.05, 0) is 19.1 Å². The third kappa shape index (κ3) is 3.69. The summed E-state index contributed by atoms with van der Waals surface area (Å²) in [6.07, 6.45) is 5.07. The fourth-order valence-corrected chi connectivity index (χ4v) is 2.54. The normalized spacial score (nSPS) is 11.9. The van der Waals surface area contributed by atoms with Gasteiger partial charge in [-0.15, -0.1) is 16.8 Å². The lowest BCUT2D eigenvalue weighted by Crippen LogP contribution is -2.31. The second-order valence-corrected chi connectivity index (χ2v) is 5.70. The van der Waals surface area contributed by atoms with Crippen LogP contribution in [0.5, 0.6) is 0 Å². The van der Waals surface area contributed by atoms with Crippen molar-refractivity contribution >= 4 is 17.7 Å². The topological polar surface area (TPSA) is 72.7 Å². The van der Waals surface area contributed by atoms with Crippen LogP contribution in [-0.4, -0.2) is 37.5 Å². The quantitative estimate of drug-likeness (QED) is 0.649. The Balaban J connectivity index is 2.10. The lowest BCUT2D eigenvalue weighted by molar-refractivity contribution is -0.120. The third-order valence-corrected chi connectivity index (χ3v) is 3.98. The van der Waals surface area contributed by atoms with Crippen LogP contribution in [0.2, 0.25) is 0 Å². The fraction of sp³-hybridized carbons (Fsp3) is 0.286. The molecule has 0 fully saturated rings. The van der Waals surface area contributed by atoms with Gasteiger partial charge in [0.1, 0.15) is 0 Å². The Kier molecular flexibility index (Phi) is 5.10. The Morgan fingerprint density at radius 1 is 1.48 bits per heavy atom. The lowest BCUT2D eigenvalue weighted by Gasteiger charge is -2.10. The molecule has 1 atom stereocenters. The summed E-state index contributed by atoms with van der Waals surface area (Å²) < 4.78 is 1.87. The maximum absolute atomic E-state index is 11.8. The average Bonchev–Trinajstić information content (AvgIpc) is 2.86. The molecule has 110 valence electrons. The summed E-state index contributed by atoms with van der Waals surface area (Å²) >= 11 is 1.37. The van der Waals surface area contributed by atoms with Crippen molar-refractivity contribution in [2.45, 2.75) is 17.3 Å². The minimum Gasteiger partial charge on any atom is -0.352 e. The molecular weight excluding hydrogens is 286 g/mol. The van der Waals surface area contributed by atoms with Crippen LogP contribution in [0.1, 0.15) is 6.92 Å². The Morgan fingerprint density at radius 3 is 2.86 bits per heavy atom. The Bertz CT molecular complexity index is 626. The summed E-state index contributed by atoms with van der Waals surface area (Å²) in [5, 5.41) is 11.5. The first-order chi connectivity index (χ1) is 10.1. The minimum atomic E-state index is -0.252. The van der Waals surface area contributed by atoms with E-state index >= 15 is 0 Å². The molecule has 6 nitrogen and oxygen atoms in total. The van der Waals surface area contributed by atoms with Crippen molar-refractivity contribution in [1.82, 2.24) is 25.1 Å². The van der Waals surface area contributed by atoms with Crippen LogP contribution in [0.4, 0.5) is 0 Å². The summed E-state index contributed by atoms with van der Waals surface area (Å²) in [5.74, 6) is 0.701. The number of nitrogens with one attached hydrogen (secondary N) is 1. The van der Waals surface area contributed by atoms with E-state index in [4.69, 9.17) is 0 Å². The Morgan fingerprint density at radius 2 is 2.19 bits per heavy atom. The highest BCUT2D eigenvalue weighted by Gasteiger charge is 2.18. The van der Waals surface area contributed by atoms with E-state index in [0.717, 1.165) is 11.4 Å². The number of pyridine rings is 1. The van der Waals surface area contributed by atoms with Gasteiger partial charge in [0.2, 0.25) is 5.91 Å². The number of hydrogen-bond acceptors (Lipinski definition) is 5. The first-order valence-electron chi connectivity index (χ1n) is 6.48. The van der Waals surface area contributed by atoms with Crippen LogP contribution >= 0.6 is 11.8 Å². The van der Waals surface area contributed by atoms with Crippen molar-refractivity contribution in [3.8, 4) is 11.4 Å². The molecule has 0 saturated carbocycles. The van der Waals surface area contributed by atoms with Gasteiger partial charge in [0.25, 0.3) is 0 Å². The number of carbonyl (C=O) groups is 1. The molecule has 0 aliphatic carbocycles. The maximum atomic E-state index is 11.8. The highest BCUT2D eigenvalue weighted by Crippen LogP contribution is 2.25. The molecule has 2 rings (SSSR count). The molecule has 2 heterocycles. The van der Waals surface area contributed by atoms with Gasteiger partial charge < -0.3 is 9.88 Å². The highest BCUT2D eigenvalue weighted by atomic mass is 32.2. The second kappa shape index (κ2) is 7.03. The molecule has 0 aliphatic heterocycles. The van der Waals surface area contributed by atoms with Crippen LogP contribution in [0.25, 0.3) is 11.4 Å². The molecule has 0 bridgehead atoms.